The summed E-state index contributed by atoms with van der Waals surface area (Å²) in [7, 11) is 0. The Morgan fingerprint density at radius 3 is 2.72 bits per heavy atom. The van der Waals surface area contributed by atoms with E-state index in [0.29, 0.717) is 12.2 Å². The molecule has 0 atom stereocenters. The zero-order valence-corrected chi connectivity index (χ0v) is 17.3. The van der Waals surface area contributed by atoms with Crippen molar-refractivity contribution in [3.05, 3.63) is 82.5 Å². The average molecular weight is 406 g/mol. The molecule has 0 aliphatic carbocycles. The minimum atomic E-state index is -0.112. The van der Waals surface area contributed by atoms with E-state index in [4.69, 9.17) is 4.98 Å². The van der Waals surface area contributed by atoms with Crippen molar-refractivity contribution in [3.8, 4) is 11.3 Å². The van der Waals surface area contributed by atoms with Gasteiger partial charge in [-0.05, 0) is 31.0 Å². The first kappa shape index (κ1) is 19.4. The number of benzene rings is 2. The molecule has 0 saturated heterocycles. The smallest absolute Gasteiger partial charge is 0.272 e. The van der Waals surface area contributed by atoms with Crippen molar-refractivity contribution in [3.63, 3.8) is 0 Å². The van der Waals surface area contributed by atoms with Crippen LogP contribution in [0.4, 0.5) is 0 Å². The molecule has 0 saturated carbocycles. The van der Waals surface area contributed by atoms with Gasteiger partial charge in [-0.25, -0.2) is 4.98 Å². The highest BCUT2D eigenvalue weighted by molar-refractivity contribution is 7.15. The number of aliphatic hydroxyl groups is 1. The van der Waals surface area contributed by atoms with E-state index >= 15 is 0 Å². The molecule has 1 amide bonds. The standard InChI is InChI=1S/C23H23N3O2S/c1-16-8-9-17(2)19(12-16)20-14-26-21(15-29-23(26)24-20)22(28)25(10-11-27)13-18-6-4-3-5-7-18/h3-9,12,14-15,27H,10-11,13H2,1-2H3. The Bertz CT molecular complexity index is 1150. The summed E-state index contributed by atoms with van der Waals surface area (Å²) in [4.78, 5) is 20.5. The van der Waals surface area contributed by atoms with Crippen molar-refractivity contribution in [2.45, 2.75) is 20.4 Å². The lowest BCUT2D eigenvalue weighted by molar-refractivity contribution is 0.0701. The van der Waals surface area contributed by atoms with Crippen molar-refractivity contribution in [1.82, 2.24) is 14.3 Å². The Hall–Kier alpha value is -2.96. The van der Waals surface area contributed by atoms with E-state index in [1.54, 1.807) is 4.90 Å². The maximum Gasteiger partial charge on any atom is 0.272 e. The van der Waals surface area contributed by atoms with Crippen molar-refractivity contribution >= 4 is 22.2 Å². The lowest BCUT2D eigenvalue weighted by Crippen LogP contribution is -2.33. The zero-order chi connectivity index (χ0) is 20.4. The van der Waals surface area contributed by atoms with Gasteiger partial charge in [-0.2, -0.15) is 0 Å². The number of hydrogen-bond acceptors (Lipinski definition) is 4. The molecule has 4 aromatic rings. The number of rotatable bonds is 6. The summed E-state index contributed by atoms with van der Waals surface area (Å²) >= 11 is 1.45. The van der Waals surface area contributed by atoms with Gasteiger partial charge >= 0.3 is 0 Å². The van der Waals surface area contributed by atoms with Gasteiger partial charge in [-0.1, -0.05) is 48.0 Å². The van der Waals surface area contributed by atoms with Crippen LogP contribution in [0.25, 0.3) is 16.2 Å². The molecule has 0 bridgehead atoms. The normalized spacial score (nSPS) is 11.1. The number of fused-ring (bicyclic) bond motifs is 1. The molecule has 0 aliphatic rings. The number of carbonyl (C=O) groups is 1. The summed E-state index contributed by atoms with van der Waals surface area (Å²) in [5.74, 6) is -0.112. The first-order valence-corrected chi connectivity index (χ1v) is 10.4. The van der Waals surface area contributed by atoms with Crippen LogP contribution in [0, 0.1) is 13.8 Å². The van der Waals surface area contributed by atoms with Crippen molar-refractivity contribution in [1.29, 1.82) is 0 Å². The van der Waals surface area contributed by atoms with Gasteiger partial charge in [0, 0.05) is 30.2 Å². The maximum atomic E-state index is 13.3. The minimum Gasteiger partial charge on any atom is -0.395 e. The number of imidazole rings is 1. The van der Waals surface area contributed by atoms with Gasteiger partial charge in [-0.15, -0.1) is 11.3 Å². The third kappa shape index (κ3) is 3.95. The third-order valence-corrected chi connectivity index (χ3v) is 5.81. The first-order chi connectivity index (χ1) is 14.1. The summed E-state index contributed by atoms with van der Waals surface area (Å²) in [5.41, 5.74) is 5.87. The lowest BCUT2D eigenvalue weighted by atomic mass is 10.0. The van der Waals surface area contributed by atoms with E-state index in [1.165, 1.54) is 16.9 Å². The number of amides is 1. The molecule has 0 aliphatic heterocycles. The Labute approximate surface area is 173 Å². The second-order valence-corrected chi connectivity index (χ2v) is 7.99. The summed E-state index contributed by atoms with van der Waals surface area (Å²) in [5, 5.41) is 11.3. The van der Waals surface area contributed by atoms with Gasteiger partial charge in [0.05, 0.1) is 12.3 Å². The molecule has 0 unspecified atom stereocenters. The lowest BCUT2D eigenvalue weighted by Gasteiger charge is -2.21. The van der Waals surface area contributed by atoms with Crippen molar-refractivity contribution in [2.24, 2.45) is 0 Å². The Morgan fingerprint density at radius 2 is 1.97 bits per heavy atom. The van der Waals surface area contributed by atoms with E-state index < -0.39 is 0 Å². The Morgan fingerprint density at radius 1 is 1.17 bits per heavy atom. The minimum absolute atomic E-state index is 0.0798. The fourth-order valence-corrected chi connectivity index (χ4v) is 4.27. The first-order valence-electron chi connectivity index (χ1n) is 9.55. The topological polar surface area (TPSA) is 57.8 Å². The van der Waals surface area contributed by atoms with Crippen LogP contribution in [-0.4, -0.2) is 38.4 Å². The van der Waals surface area contributed by atoms with Crippen LogP contribution < -0.4 is 0 Å². The molecule has 1 N–H and O–H groups in total. The van der Waals surface area contributed by atoms with Gasteiger partial charge in [0.15, 0.2) is 4.96 Å². The SMILES string of the molecule is Cc1ccc(C)c(-c2cn3c(C(=O)N(CCO)Cc4ccccc4)csc3n2)c1. The summed E-state index contributed by atoms with van der Waals surface area (Å²) in [6.45, 7) is 4.78. The van der Waals surface area contributed by atoms with E-state index in [2.05, 4.69) is 32.0 Å². The highest BCUT2D eigenvalue weighted by Crippen LogP contribution is 2.27. The van der Waals surface area contributed by atoms with Crippen molar-refractivity contribution in [2.75, 3.05) is 13.2 Å². The van der Waals surface area contributed by atoms with E-state index in [9.17, 15) is 9.90 Å². The molecular weight excluding hydrogens is 382 g/mol. The molecule has 2 aromatic heterocycles. The second kappa shape index (κ2) is 8.19. The molecule has 2 heterocycles. The summed E-state index contributed by atoms with van der Waals surface area (Å²) in [6, 6.07) is 16.1. The number of aliphatic hydroxyl groups excluding tert-OH is 1. The molecule has 0 radical (unpaired) electrons. The number of aromatic nitrogens is 2. The van der Waals surface area contributed by atoms with Gasteiger partial charge < -0.3 is 10.0 Å². The Balaban J connectivity index is 1.68. The quantitative estimate of drug-likeness (QED) is 0.520. The molecule has 0 spiro atoms. The number of thiazole rings is 1. The van der Waals surface area contributed by atoms with Crippen LogP contribution in [0.15, 0.2) is 60.1 Å². The van der Waals surface area contributed by atoms with E-state index in [0.717, 1.165) is 27.3 Å². The summed E-state index contributed by atoms with van der Waals surface area (Å²) in [6.07, 6.45) is 1.93. The predicted octanol–water partition coefficient (Wildman–Crippen LogP) is 4.31. The largest absolute Gasteiger partial charge is 0.395 e. The fourth-order valence-electron chi connectivity index (χ4n) is 3.42. The third-order valence-electron chi connectivity index (χ3n) is 4.97. The van der Waals surface area contributed by atoms with Gasteiger partial charge in [-0.3, -0.25) is 9.20 Å². The van der Waals surface area contributed by atoms with Crippen LogP contribution in [-0.2, 0) is 6.54 Å². The van der Waals surface area contributed by atoms with Crippen LogP contribution >= 0.6 is 11.3 Å². The Kier molecular flexibility index (Phi) is 5.47. The van der Waals surface area contributed by atoms with E-state index in [-0.39, 0.29) is 19.1 Å². The molecular formula is C23H23N3O2S. The summed E-state index contributed by atoms with van der Waals surface area (Å²) < 4.78 is 1.86. The molecule has 6 heteroatoms. The predicted molar refractivity (Wildman–Crippen MR) is 116 cm³/mol. The molecule has 29 heavy (non-hydrogen) atoms. The number of carbonyl (C=O) groups excluding carboxylic acids is 1. The van der Waals surface area contributed by atoms with Crippen molar-refractivity contribution < 1.29 is 9.90 Å². The van der Waals surface area contributed by atoms with Crippen LogP contribution in [0.2, 0.25) is 0 Å². The van der Waals surface area contributed by atoms with Crippen LogP contribution in [0.3, 0.4) is 0 Å². The van der Waals surface area contributed by atoms with Gasteiger partial charge in [0.25, 0.3) is 5.91 Å². The molecule has 0 fully saturated rings. The van der Waals surface area contributed by atoms with Gasteiger partial charge in [0.1, 0.15) is 5.69 Å². The second-order valence-electron chi connectivity index (χ2n) is 7.15. The van der Waals surface area contributed by atoms with Gasteiger partial charge in [0.2, 0.25) is 0 Å². The van der Waals surface area contributed by atoms with Crippen LogP contribution in [0.5, 0.6) is 0 Å². The van der Waals surface area contributed by atoms with E-state index in [1.807, 2.05) is 46.3 Å². The zero-order valence-electron chi connectivity index (χ0n) is 16.5. The highest BCUT2D eigenvalue weighted by atomic mass is 32.1. The molecule has 5 nitrogen and oxygen atoms in total. The average Bonchev–Trinajstić information content (AvgIpc) is 3.30. The number of hydrogen-bond donors (Lipinski definition) is 1. The number of nitrogens with zero attached hydrogens (tertiary/aromatic N) is 3. The molecule has 4 rings (SSSR count). The molecule has 2 aromatic carbocycles. The monoisotopic (exact) mass is 405 g/mol. The maximum absolute atomic E-state index is 13.3. The fraction of sp³-hybridized carbons (Fsp3) is 0.217. The van der Waals surface area contributed by atoms with Crippen LogP contribution in [0.1, 0.15) is 27.2 Å². The number of aryl methyl sites for hydroxylation is 2. The highest BCUT2D eigenvalue weighted by Gasteiger charge is 2.21. The molecule has 148 valence electrons.